The van der Waals surface area contributed by atoms with Crippen molar-refractivity contribution < 1.29 is 9.53 Å². The van der Waals surface area contributed by atoms with Gasteiger partial charge in [0.2, 0.25) is 0 Å². The van der Waals surface area contributed by atoms with Crippen molar-refractivity contribution in [1.82, 2.24) is 4.90 Å². The van der Waals surface area contributed by atoms with Gasteiger partial charge in [0.1, 0.15) is 6.61 Å². The summed E-state index contributed by atoms with van der Waals surface area (Å²) in [6.45, 7) is 1.42. The van der Waals surface area contributed by atoms with Crippen molar-refractivity contribution in [3.63, 3.8) is 0 Å². The summed E-state index contributed by atoms with van der Waals surface area (Å²) in [5, 5.41) is 0. The predicted molar refractivity (Wildman–Crippen MR) is 84.4 cm³/mol. The van der Waals surface area contributed by atoms with Gasteiger partial charge in [-0.25, -0.2) is 0 Å². The van der Waals surface area contributed by atoms with Crippen LogP contribution >= 0.6 is 0 Å². The van der Waals surface area contributed by atoms with Crippen LogP contribution in [0.15, 0.2) is 54.6 Å². The van der Waals surface area contributed by atoms with E-state index in [0.717, 1.165) is 13.0 Å². The van der Waals surface area contributed by atoms with E-state index in [4.69, 9.17) is 4.74 Å². The SMILES string of the molecule is O=C1C[C@@H]2c3ccccc3CCN2[C@H](c2ccccc2)CO1. The highest BCUT2D eigenvalue weighted by atomic mass is 16.5. The Labute approximate surface area is 130 Å². The molecule has 0 bridgehead atoms. The van der Waals surface area contributed by atoms with Gasteiger partial charge in [-0.3, -0.25) is 9.69 Å². The predicted octanol–water partition coefficient (Wildman–Crippen LogP) is 3.27. The van der Waals surface area contributed by atoms with Gasteiger partial charge in [0.15, 0.2) is 0 Å². The lowest BCUT2D eigenvalue weighted by molar-refractivity contribution is -0.143. The summed E-state index contributed by atoms with van der Waals surface area (Å²) in [5.41, 5.74) is 3.88. The minimum absolute atomic E-state index is 0.0925. The van der Waals surface area contributed by atoms with Crippen molar-refractivity contribution >= 4 is 5.97 Å². The first-order chi connectivity index (χ1) is 10.8. The average molecular weight is 293 g/mol. The van der Waals surface area contributed by atoms with E-state index in [1.54, 1.807) is 0 Å². The largest absolute Gasteiger partial charge is 0.464 e. The Morgan fingerprint density at radius 1 is 0.955 bits per heavy atom. The van der Waals surface area contributed by atoms with Gasteiger partial charge < -0.3 is 4.74 Å². The molecule has 22 heavy (non-hydrogen) atoms. The molecule has 0 spiro atoms. The maximum Gasteiger partial charge on any atom is 0.307 e. The van der Waals surface area contributed by atoms with Crippen molar-refractivity contribution in [3.8, 4) is 0 Å². The fourth-order valence-corrected chi connectivity index (χ4v) is 3.72. The van der Waals surface area contributed by atoms with Crippen LogP contribution in [-0.2, 0) is 16.0 Å². The van der Waals surface area contributed by atoms with Gasteiger partial charge in [0.25, 0.3) is 0 Å². The highest BCUT2D eigenvalue weighted by Crippen LogP contribution is 2.40. The van der Waals surface area contributed by atoms with E-state index in [-0.39, 0.29) is 18.1 Å². The van der Waals surface area contributed by atoms with Gasteiger partial charge in [-0.1, -0.05) is 54.6 Å². The average Bonchev–Trinajstić information content (AvgIpc) is 2.74. The van der Waals surface area contributed by atoms with Crippen LogP contribution in [0.1, 0.15) is 35.2 Å². The summed E-state index contributed by atoms with van der Waals surface area (Å²) < 4.78 is 5.50. The Morgan fingerprint density at radius 3 is 2.59 bits per heavy atom. The molecular formula is C19H19NO2. The second-order valence-electron chi connectivity index (χ2n) is 6.02. The zero-order valence-corrected chi connectivity index (χ0v) is 12.4. The molecular weight excluding hydrogens is 274 g/mol. The number of ether oxygens (including phenoxy) is 1. The summed E-state index contributed by atoms with van der Waals surface area (Å²) in [7, 11) is 0. The van der Waals surface area contributed by atoms with E-state index in [9.17, 15) is 4.79 Å². The van der Waals surface area contributed by atoms with Crippen molar-refractivity contribution in [3.05, 3.63) is 71.3 Å². The molecule has 4 rings (SSSR count). The van der Waals surface area contributed by atoms with Crippen molar-refractivity contribution in [1.29, 1.82) is 0 Å². The third kappa shape index (κ3) is 2.32. The summed E-state index contributed by atoms with van der Waals surface area (Å²) in [4.78, 5) is 14.5. The molecule has 0 aliphatic carbocycles. The van der Waals surface area contributed by atoms with Gasteiger partial charge in [0.05, 0.1) is 12.5 Å². The number of rotatable bonds is 1. The summed E-state index contributed by atoms with van der Waals surface area (Å²) >= 11 is 0. The van der Waals surface area contributed by atoms with Crippen LogP contribution in [-0.4, -0.2) is 24.0 Å². The molecule has 0 saturated carbocycles. The highest BCUT2D eigenvalue weighted by Gasteiger charge is 2.37. The molecule has 2 atom stereocenters. The van der Waals surface area contributed by atoms with Crippen LogP contribution in [0.5, 0.6) is 0 Å². The van der Waals surface area contributed by atoms with Crippen LogP contribution in [0.2, 0.25) is 0 Å². The lowest BCUT2D eigenvalue weighted by atomic mass is 9.89. The first-order valence-electron chi connectivity index (χ1n) is 7.87. The number of hydrogen-bond acceptors (Lipinski definition) is 3. The minimum atomic E-state index is -0.0925. The fourth-order valence-electron chi connectivity index (χ4n) is 3.72. The summed E-state index contributed by atoms with van der Waals surface area (Å²) in [6.07, 6.45) is 1.48. The number of carbonyl (C=O) groups excluding carboxylic acids is 1. The molecule has 2 aliphatic heterocycles. The topological polar surface area (TPSA) is 29.5 Å². The van der Waals surface area contributed by atoms with E-state index in [1.165, 1.54) is 16.7 Å². The van der Waals surface area contributed by atoms with Crippen LogP contribution in [0, 0.1) is 0 Å². The maximum absolute atomic E-state index is 12.1. The zero-order valence-electron chi connectivity index (χ0n) is 12.4. The lowest BCUT2D eigenvalue weighted by Gasteiger charge is -2.39. The second kappa shape index (κ2) is 5.58. The number of fused-ring (bicyclic) bond motifs is 3. The summed E-state index contributed by atoms with van der Waals surface area (Å²) in [6, 6.07) is 19.1. The van der Waals surface area contributed by atoms with E-state index < -0.39 is 0 Å². The molecule has 2 heterocycles. The number of hydrogen-bond donors (Lipinski definition) is 0. The molecule has 2 aliphatic rings. The van der Waals surface area contributed by atoms with Crippen molar-refractivity contribution in [2.45, 2.75) is 24.9 Å². The third-order valence-corrected chi connectivity index (χ3v) is 4.80. The molecule has 3 nitrogen and oxygen atoms in total. The Kier molecular flexibility index (Phi) is 3.43. The molecule has 2 aromatic rings. The Balaban J connectivity index is 1.76. The second-order valence-corrected chi connectivity index (χ2v) is 6.02. The molecule has 0 radical (unpaired) electrons. The van der Waals surface area contributed by atoms with Crippen molar-refractivity contribution in [2.24, 2.45) is 0 Å². The molecule has 2 aromatic carbocycles. The molecule has 0 aromatic heterocycles. The molecule has 1 saturated heterocycles. The van der Waals surface area contributed by atoms with Crippen LogP contribution in [0.25, 0.3) is 0 Å². The minimum Gasteiger partial charge on any atom is -0.464 e. The number of esters is 1. The first kappa shape index (κ1) is 13.5. The quantitative estimate of drug-likeness (QED) is 0.756. The maximum atomic E-state index is 12.1. The zero-order chi connectivity index (χ0) is 14.9. The molecule has 3 heteroatoms. The van der Waals surface area contributed by atoms with Gasteiger partial charge in [-0.15, -0.1) is 0 Å². The highest BCUT2D eigenvalue weighted by molar-refractivity contribution is 5.71. The monoisotopic (exact) mass is 293 g/mol. The van der Waals surface area contributed by atoms with Crippen molar-refractivity contribution in [2.75, 3.05) is 13.2 Å². The smallest absolute Gasteiger partial charge is 0.307 e. The van der Waals surface area contributed by atoms with Gasteiger partial charge in [0, 0.05) is 12.6 Å². The van der Waals surface area contributed by atoms with Gasteiger partial charge in [-0.05, 0) is 23.1 Å². The number of benzene rings is 2. The number of carbonyl (C=O) groups is 1. The fraction of sp³-hybridized carbons (Fsp3) is 0.316. The molecule has 0 unspecified atom stereocenters. The molecule has 1 fully saturated rings. The number of cyclic esters (lactones) is 1. The Hall–Kier alpha value is -2.13. The Morgan fingerprint density at radius 2 is 1.73 bits per heavy atom. The number of nitrogens with zero attached hydrogens (tertiary/aromatic N) is 1. The van der Waals surface area contributed by atoms with Crippen LogP contribution < -0.4 is 0 Å². The van der Waals surface area contributed by atoms with Crippen LogP contribution in [0.3, 0.4) is 0 Å². The van der Waals surface area contributed by atoms with E-state index >= 15 is 0 Å². The van der Waals surface area contributed by atoms with E-state index in [1.807, 2.05) is 6.07 Å². The van der Waals surface area contributed by atoms with Crippen LogP contribution in [0.4, 0.5) is 0 Å². The normalized spacial score (nSPS) is 24.8. The molecule has 0 N–H and O–H groups in total. The Bertz CT molecular complexity index is 683. The van der Waals surface area contributed by atoms with Gasteiger partial charge >= 0.3 is 5.97 Å². The summed E-state index contributed by atoms with van der Waals surface area (Å²) in [5.74, 6) is -0.0925. The molecule has 112 valence electrons. The van der Waals surface area contributed by atoms with E-state index in [0.29, 0.717) is 13.0 Å². The lowest BCUT2D eigenvalue weighted by Crippen LogP contribution is -2.38. The molecule has 0 amide bonds. The van der Waals surface area contributed by atoms with Gasteiger partial charge in [-0.2, -0.15) is 0 Å². The first-order valence-corrected chi connectivity index (χ1v) is 7.87. The van der Waals surface area contributed by atoms with E-state index in [2.05, 4.69) is 53.4 Å². The third-order valence-electron chi connectivity index (χ3n) is 4.80. The standard InChI is InChI=1S/C19H19NO2/c21-19-12-17-16-9-5-4-6-14(16)10-11-20(17)18(13-22-19)15-7-2-1-3-8-15/h1-9,17-18H,10-13H2/t17-,18+/m1/s1.